The number of nitrogens with two attached hydrogens (primary N) is 2. The van der Waals surface area contributed by atoms with Gasteiger partial charge in [0, 0.05) is 12.2 Å². The molecule has 0 aliphatic carbocycles. The Labute approximate surface area is 99.9 Å². The van der Waals surface area contributed by atoms with E-state index in [1.807, 2.05) is 0 Å². The van der Waals surface area contributed by atoms with E-state index in [9.17, 15) is 16.8 Å². The highest BCUT2D eigenvalue weighted by Crippen LogP contribution is 2.13. The molecule has 0 aliphatic rings. The lowest BCUT2D eigenvalue weighted by molar-refractivity contribution is 0.597. The van der Waals surface area contributed by atoms with Gasteiger partial charge < -0.3 is 5.73 Å². The van der Waals surface area contributed by atoms with Gasteiger partial charge in [0.05, 0.1) is 10.6 Å². The molecule has 0 saturated heterocycles. The fraction of sp³-hybridized carbons (Fsp3) is 0.250. The van der Waals surface area contributed by atoms with E-state index in [2.05, 4.69) is 4.72 Å². The Morgan fingerprint density at radius 3 is 2.00 bits per heavy atom. The summed E-state index contributed by atoms with van der Waals surface area (Å²) in [7, 11) is -7.26. The average Bonchev–Trinajstić information content (AvgIpc) is 2.16. The maximum absolute atomic E-state index is 11.3. The fourth-order valence-corrected chi connectivity index (χ4v) is 2.52. The van der Waals surface area contributed by atoms with Gasteiger partial charge in [-0.3, -0.25) is 4.72 Å². The van der Waals surface area contributed by atoms with Gasteiger partial charge in [0.1, 0.15) is 0 Å². The standard InChI is InChI=1S/C8H13N3O4S2/c9-5-6-16(12,13)11-7-1-3-8(4-2-7)17(10,14)15/h1-4,11H,5-6,9H2,(H2,10,14,15). The summed E-state index contributed by atoms with van der Waals surface area (Å²) in [5.41, 5.74) is 5.39. The van der Waals surface area contributed by atoms with Gasteiger partial charge in [-0.2, -0.15) is 0 Å². The lowest BCUT2D eigenvalue weighted by Gasteiger charge is -2.07. The molecule has 1 aromatic carbocycles. The van der Waals surface area contributed by atoms with E-state index in [-0.39, 0.29) is 22.9 Å². The molecule has 5 N–H and O–H groups in total. The zero-order chi connectivity index (χ0) is 13.1. The summed E-state index contributed by atoms with van der Waals surface area (Å²) in [6.07, 6.45) is 0. The summed E-state index contributed by atoms with van der Waals surface area (Å²) in [5, 5.41) is 4.90. The Hall–Kier alpha value is -1.16. The zero-order valence-corrected chi connectivity index (χ0v) is 10.5. The van der Waals surface area contributed by atoms with E-state index in [1.165, 1.54) is 24.3 Å². The molecule has 0 heterocycles. The van der Waals surface area contributed by atoms with Crippen LogP contribution in [0.3, 0.4) is 0 Å². The van der Waals surface area contributed by atoms with Gasteiger partial charge in [-0.25, -0.2) is 22.0 Å². The second kappa shape index (κ2) is 5.00. The minimum absolute atomic E-state index is 0.00456. The molecule has 0 atom stereocenters. The van der Waals surface area contributed by atoms with Crippen LogP contribution in [0.2, 0.25) is 0 Å². The van der Waals surface area contributed by atoms with Gasteiger partial charge in [-0.05, 0) is 24.3 Å². The highest BCUT2D eigenvalue weighted by molar-refractivity contribution is 7.92. The predicted octanol–water partition coefficient (Wildman–Crippen LogP) is -0.966. The third-order valence-electron chi connectivity index (χ3n) is 1.84. The van der Waals surface area contributed by atoms with Crippen molar-refractivity contribution in [2.75, 3.05) is 17.0 Å². The van der Waals surface area contributed by atoms with E-state index in [0.717, 1.165) is 0 Å². The summed E-state index contributed by atoms with van der Waals surface area (Å²) in [6.45, 7) is 0.00456. The molecular formula is C8H13N3O4S2. The molecule has 0 radical (unpaired) electrons. The Morgan fingerprint density at radius 1 is 1.06 bits per heavy atom. The lowest BCUT2D eigenvalue weighted by Crippen LogP contribution is -2.22. The zero-order valence-electron chi connectivity index (χ0n) is 8.83. The van der Waals surface area contributed by atoms with Gasteiger partial charge in [-0.1, -0.05) is 0 Å². The van der Waals surface area contributed by atoms with E-state index in [1.54, 1.807) is 0 Å². The Balaban J connectivity index is 2.90. The van der Waals surface area contributed by atoms with E-state index >= 15 is 0 Å². The average molecular weight is 279 g/mol. The number of rotatable bonds is 5. The maximum atomic E-state index is 11.3. The summed E-state index contributed by atoms with van der Waals surface area (Å²) in [6, 6.07) is 5.06. The van der Waals surface area contributed by atoms with Crippen molar-refractivity contribution in [2.24, 2.45) is 10.9 Å². The number of primary sulfonamides is 1. The van der Waals surface area contributed by atoms with Crippen molar-refractivity contribution >= 4 is 25.7 Å². The van der Waals surface area contributed by atoms with Crippen molar-refractivity contribution in [3.63, 3.8) is 0 Å². The number of benzene rings is 1. The third kappa shape index (κ3) is 4.30. The predicted molar refractivity (Wildman–Crippen MR) is 64.3 cm³/mol. The molecule has 1 aromatic rings. The molecule has 7 nitrogen and oxygen atoms in total. The van der Waals surface area contributed by atoms with Crippen molar-refractivity contribution in [2.45, 2.75) is 4.90 Å². The van der Waals surface area contributed by atoms with E-state index < -0.39 is 20.0 Å². The van der Waals surface area contributed by atoms with Crippen LogP contribution in [-0.2, 0) is 20.0 Å². The molecule has 0 saturated carbocycles. The van der Waals surface area contributed by atoms with Crippen LogP contribution in [-0.4, -0.2) is 29.1 Å². The number of nitrogens with one attached hydrogen (secondary N) is 1. The van der Waals surface area contributed by atoms with Gasteiger partial charge in [0.25, 0.3) is 0 Å². The number of sulfonamides is 2. The molecular weight excluding hydrogens is 266 g/mol. The first-order valence-electron chi connectivity index (χ1n) is 4.58. The molecule has 0 fully saturated rings. The van der Waals surface area contributed by atoms with Crippen LogP contribution in [0.15, 0.2) is 29.2 Å². The number of hydrogen-bond acceptors (Lipinski definition) is 5. The summed E-state index contributed by atoms with van der Waals surface area (Å²) < 4.78 is 46.9. The van der Waals surface area contributed by atoms with Crippen LogP contribution in [0.1, 0.15) is 0 Å². The first kappa shape index (κ1) is 13.9. The van der Waals surface area contributed by atoms with Gasteiger partial charge in [0.15, 0.2) is 0 Å². The van der Waals surface area contributed by atoms with Crippen LogP contribution in [0.4, 0.5) is 5.69 Å². The number of anilines is 1. The van der Waals surface area contributed by atoms with Gasteiger partial charge in [0.2, 0.25) is 20.0 Å². The first-order chi connectivity index (χ1) is 7.74. The minimum Gasteiger partial charge on any atom is -0.329 e. The van der Waals surface area contributed by atoms with Crippen molar-refractivity contribution in [1.29, 1.82) is 0 Å². The van der Waals surface area contributed by atoms with Gasteiger partial charge in [-0.15, -0.1) is 0 Å². The second-order valence-electron chi connectivity index (χ2n) is 3.28. The molecule has 0 amide bonds. The molecule has 96 valence electrons. The van der Waals surface area contributed by atoms with Crippen molar-refractivity contribution in [3.05, 3.63) is 24.3 Å². The third-order valence-corrected chi connectivity index (χ3v) is 4.09. The highest BCUT2D eigenvalue weighted by atomic mass is 32.2. The Bertz CT molecular complexity index is 578. The van der Waals surface area contributed by atoms with Crippen molar-refractivity contribution in [1.82, 2.24) is 0 Å². The first-order valence-corrected chi connectivity index (χ1v) is 7.78. The fourth-order valence-electron chi connectivity index (χ4n) is 1.10. The van der Waals surface area contributed by atoms with Crippen molar-refractivity contribution < 1.29 is 16.8 Å². The molecule has 17 heavy (non-hydrogen) atoms. The minimum atomic E-state index is -3.77. The van der Waals surface area contributed by atoms with Crippen LogP contribution >= 0.6 is 0 Å². The highest BCUT2D eigenvalue weighted by Gasteiger charge is 2.10. The monoisotopic (exact) mass is 279 g/mol. The second-order valence-corrected chi connectivity index (χ2v) is 6.68. The van der Waals surface area contributed by atoms with Crippen LogP contribution < -0.4 is 15.6 Å². The molecule has 1 rings (SSSR count). The number of hydrogen-bond donors (Lipinski definition) is 3. The quantitative estimate of drug-likeness (QED) is 0.638. The molecule has 0 aliphatic heterocycles. The molecule has 0 aromatic heterocycles. The SMILES string of the molecule is NCCS(=O)(=O)Nc1ccc(S(N)(=O)=O)cc1. The van der Waals surface area contributed by atoms with Crippen LogP contribution in [0.25, 0.3) is 0 Å². The molecule has 9 heteroatoms. The summed E-state index contributed by atoms with van der Waals surface area (Å²) in [4.78, 5) is -0.0840. The Kier molecular flexibility index (Phi) is 4.09. The largest absolute Gasteiger partial charge is 0.329 e. The Morgan fingerprint density at radius 2 is 1.59 bits per heavy atom. The summed E-state index contributed by atoms with van der Waals surface area (Å²) in [5.74, 6) is -0.204. The topological polar surface area (TPSA) is 132 Å². The van der Waals surface area contributed by atoms with Crippen LogP contribution in [0, 0.1) is 0 Å². The molecule has 0 unspecified atom stereocenters. The summed E-state index contributed by atoms with van der Waals surface area (Å²) >= 11 is 0. The smallest absolute Gasteiger partial charge is 0.238 e. The maximum Gasteiger partial charge on any atom is 0.238 e. The van der Waals surface area contributed by atoms with E-state index in [4.69, 9.17) is 10.9 Å². The van der Waals surface area contributed by atoms with Gasteiger partial charge >= 0.3 is 0 Å². The van der Waals surface area contributed by atoms with E-state index in [0.29, 0.717) is 0 Å². The van der Waals surface area contributed by atoms with Crippen molar-refractivity contribution in [3.8, 4) is 0 Å². The molecule has 0 bridgehead atoms. The molecule has 0 spiro atoms. The van der Waals surface area contributed by atoms with Crippen LogP contribution in [0.5, 0.6) is 0 Å². The lowest BCUT2D eigenvalue weighted by atomic mass is 10.3. The normalized spacial score (nSPS) is 12.4.